The summed E-state index contributed by atoms with van der Waals surface area (Å²) in [5.74, 6) is 1.49. The number of amides is 1. The molecule has 0 saturated carbocycles. The van der Waals surface area contributed by atoms with Gasteiger partial charge in [-0.3, -0.25) is 9.69 Å². The van der Waals surface area contributed by atoms with E-state index in [1.54, 1.807) is 7.11 Å². The number of hydrogen-bond donors (Lipinski definition) is 0. The lowest BCUT2D eigenvalue weighted by Crippen LogP contribution is -2.48. The lowest BCUT2D eigenvalue weighted by Gasteiger charge is -2.34. The van der Waals surface area contributed by atoms with Gasteiger partial charge in [-0.2, -0.15) is 0 Å². The number of para-hydroxylation sites is 2. The first-order valence-electron chi connectivity index (χ1n) is 10.2. The molecule has 1 aliphatic heterocycles. The van der Waals surface area contributed by atoms with Crippen LogP contribution in [-0.2, 0) is 13.2 Å². The van der Waals surface area contributed by atoms with E-state index in [4.69, 9.17) is 21.1 Å². The van der Waals surface area contributed by atoms with Gasteiger partial charge in [0.2, 0.25) is 0 Å². The van der Waals surface area contributed by atoms with Gasteiger partial charge in [0, 0.05) is 43.3 Å². The molecule has 1 aromatic heterocycles. The van der Waals surface area contributed by atoms with Gasteiger partial charge in [0.1, 0.15) is 6.61 Å². The number of piperazine rings is 1. The molecule has 31 heavy (non-hydrogen) atoms. The molecule has 2 aromatic carbocycles. The molecule has 0 atom stereocenters. The zero-order chi connectivity index (χ0) is 21.6. The molecule has 1 aliphatic rings. The van der Waals surface area contributed by atoms with Crippen molar-refractivity contribution in [2.45, 2.75) is 13.2 Å². The summed E-state index contributed by atoms with van der Waals surface area (Å²) in [7, 11) is 1.62. The Labute approximate surface area is 191 Å². The summed E-state index contributed by atoms with van der Waals surface area (Å²) in [5, 5.41) is 2.74. The van der Waals surface area contributed by atoms with Crippen LogP contribution < -0.4 is 9.47 Å². The first-order valence-corrected chi connectivity index (χ1v) is 11.5. The van der Waals surface area contributed by atoms with E-state index in [1.807, 2.05) is 58.8 Å². The van der Waals surface area contributed by atoms with Crippen LogP contribution in [0.2, 0.25) is 5.02 Å². The van der Waals surface area contributed by atoms with E-state index in [1.165, 1.54) is 16.9 Å². The Morgan fingerprint density at radius 3 is 2.52 bits per heavy atom. The maximum atomic E-state index is 12.9. The normalized spacial score (nSPS) is 14.5. The largest absolute Gasteiger partial charge is 0.493 e. The topological polar surface area (TPSA) is 42.0 Å². The van der Waals surface area contributed by atoms with Gasteiger partial charge >= 0.3 is 0 Å². The lowest BCUT2D eigenvalue weighted by molar-refractivity contribution is 0.0633. The molecule has 7 heteroatoms. The van der Waals surface area contributed by atoms with Crippen LogP contribution in [0.5, 0.6) is 11.5 Å². The molecular formula is C24H25ClN2O3S. The molecule has 0 spiro atoms. The average molecular weight is 457 g/mol. The summed E-state index contributed by atoms with van der Waals surface area (Å²) in [4.78, 5) is 18.0. The minimum absolute atomic E-state index is 0.0935. The first-order chi connectivity index (χ1) is 15.1. The number of hydrogen-bond acceptors (Lipinski definition) is 5. The lowest BCUT2D eigenvalue weighted by atomic mass is 10.2. The summed E-state index contributed by atoms with van der Waals surface area (Å²) in [6.07, 6.45) is 0. The molecule has 1 fully saturated rings. The van der Waals surface area contributed by atoms with E-state index in [2.05, 4.69) is 11.0 Å². The zero-order valence-electron chi connectivity index (χ0n) is 17.4. The van der Waals surface area contributed by atoms with Crippen LogP contribution in [0, 0.1) is 0 Å². The molecule has 2 heterocycles. The molecular weight excluding hydrogens is 432 g/mol. The van der Waals surface area contributed by atoms with Gasteiger partial charge in [-0.15, -0.1) is 11.3 Å². The number of carbonyl (C=O) groups excluding carboxylic acids is 1. The second-order valence-corrected chi connectivity index (χ2v) is 8.80. The van der Waals surface area contributed by atoms with E-state index in [-0.39, 0.29) is 5.91 Å². The number of halogens is 1. The van der Waals surface area contributed by atoms with Gasteiger partial charge in [-0.1, -0.05) is 35.9 Å². The highest BCUT2D eigenvalue weighted by molar-refractivity contribution is 7.12. The quantitative estimate of drug-likeness (QED) is 0.504. The molecule has 4 rings (SSSR count). The van der Waals surface area contributed by atoms with Gasteiger partial charge in [0.05, 0.1) is 12.0 Å². The van der Waals surface area contributed by atoms with Gasteiger partial charge < -0.3 is 14.4 Å². The third-order valence-electron chi connectivity index (χ3n) is 5.28. The van der Waals surface area contributed by atoms with Gasteiger partial charge in [-0.25, -0.2) is 0 Å². The van der Waals surface area contributed by atoms with Crippen molar-refractivity contribution in [3.63, 3.8) is 0 Å². The zero-order valence-corrected chi connectivity index (χ0v) is 19.0. The van der Waals surface area contributed by atoms with Crippen LogP contribution in [0.25, 0.3) is 0 Å². The Bertz CT molecular complexity index is 1030. The Balaban J connectivity index is 1.29. The highest BCUT2D eigenvalue weighted by Gasteiger charge is 2.23. The SMILES string of the molecule is COc1ccccc1OCc1csc(C(=O)N2CCN(Cc3cccc(Cl)c3)CC2)c1. The van der Waals surface area contributed by atoms with E-state index in [9.17, 15) is 4.79 Å². The highest BCUT2D eigenvalue weighted by atomic mass is 35.5. The van der Waals surface area contributed by atoms with Gasteiger partial charge in [0.25, 0.3) is 5.91 Å². The summed E-state index contributed by atoms with van der Waals surface area (Å²) in [6, 6.07) is 17.4. The molecule has 1 saturated heterocycles. The van der Waals surface area contributed by atoms with Crippen molar-refractivity contribution < 1.29 is 14.3 Å². The predicted molar refractivity (Wildman–Crippen MR) is 124 cm³/mol. The fourth-order valence-corrected chi connectivity index (χ4v) is 4.70. The van der Waals surface area contributed by atoms with Crippen molar-refractivity contribution in [1.82, 2.24) is 9.80 Å². The molecule has 1 amide bonds. The second kappa shape index (κ2) is 10.2. The standard InChI is InChI=1S/C24H25ClN2O3S/c1-29-21-7-2-3-8-22(21)30-16-19-14-23(31-17-19)24(28)27-11-9-26(10-12-27)15-18-5-4-6-20(25)13-18/h2-8,13-14,17H,9-12,15-16H2,1H3. The van der Waals surface area contributed by atoms with E-state index >= 15 is 0 Å². The van der Waals surface area contributed by atoms with E-state index in [0.29, 0.717) is 18.1 Å². The van der Waals surface area contributed by atoms with Crippen molar-refractivity contribution in [2.24, 2.45) is 0 Å². The average Bonchev–Trinajstić information content (AvgIpc) is 3.27. The van der Waals surface area contributed by atoms with E-state index in [0.717, 1.165) is 48.2 Å². The van der Waals surface area contributed by atoms with Crippen molar-refractivity contribution in [3.05, 3.63) is 81.0 Å². The second-order valence-electron chi connectivity index (χ2n) is 7.46. The molecule has 0 N–H and O–H groups in total. The Morgan fingerprint density at radius 2 is 1.77 bits per heavy atom. The number of nitrogens with zero attached hydrogens (tertiary/aromatic N) is 2. The van der Waals surface area contributed by atoms with E-state index < -0.39 is 0 Å². The van der Waals surface area contributed by atoms with Crippen molar-refractivity contribution in [2.75, 3.05) is 33.3 Å². The molecule has 0 unspecified atom stereocenters. The molecule has 162 valence electrons. The van der Waals surface area contributed by atoms with Crippen LogP contribution >= 0.6 is 22.9 Å². The number of thiophene rings is 1. The van der Waals surface area contributed by atoms with Crippen LogP contribution in [-0.4, -0.2) is 49.0 Å². The first kappa shape index (κ1) is 21.7. The van der Waals surface area contributed by atoms with Crippen molar-refractivity contribution in [1.29, 1.82) is 0 Å². The predicted octanol–water partition coefficient (Wildman–Crippen LogP) is 4.95. The van der Waals surface area contributed by atoms with Crippen LogP contribution in [0.4, 0.5) is 0 Å². The van der Waals surface area contributed by atoms with Gasteiger partial charge in [0.15, 0.2) is 11.5 Å². The minimum Gasteiger partial charge on any atom is -0.493 e. The molecule has 0 bridgehead atoms. The third-order valence-corrected chi connectivity index (χ3v) is 6.48. The summed E-state index contributed by atoms with van der Waals surface area (Å²) in [5.41, 5.74) is 2.18. The third kappa shape index (κ3) is 5.58. The molecule has 5 nitrogen and oxygen atoms in total. The van der Waals surface area contributed by atoms with Crippen LogP contribution in [0.3, 0.4) is 0 Å². The number of benzene rings is 2. The minimum atomic E-state index is 0.0935. The highest BCUT2D eigenvalue weighted by Crippen LogP contribution is 2.27. The Morgan fingerprint density at radius 1 is 1.00 bits per heavy atom. The fourth-order valence-electron chi connectivity index (χ4n) is 3.62. The number of methoxy groups -OCH3 is 1. The van der Waals surface area contributed by atoms with Crippen molar-refractivity contribution in [3.8, 4) is 11.5 Å². The number of rotatable bonds is 7. The monoisotopic (exact) mass is 456 g/mol. The van der Waals surface area contributed by atoms with Crippen LogP contribution in [0.15, 0.2) is 60.0 Å². The molecule has 0 aliphatic carbocycles. The maximum Gasteiger partial charge on any atom is 0.264 e. The number of carbonyl (C=O) groups is 1. The van der Waals surface area contributed by atoms with Gasteiger partial charge in [-0.05, 0) is 41.3 Å². The summed E-state index contributed by atoms with van der Waals surface area (Å²) in [6.45, 7) is 4.42. The maximum absolute atomic E-state index is 12.9. The molecule has 3 aromatic rings. The fraction of sp³-hybridized carbons (Fsp3) is 0.292. The van der Waals surface area contributed by atoms with Crippen LogP contribution in [0.1, 0.15) is 20.8 Å². The Hall–Kier alpha value is -2.54. The van der Waals surface area contributed by atoms with Crippen molar-refractivity contribution >= 4 is 28.8 Å². The summed E-state index contributed by atoms with van der Waals surface area (Å²) >= 11 is 7.55. The number of ether oxygens (including phenoxy) is 2. The molecule has 0 radical (unpaired) electrons. The Kier molecular flexibility index (Phi) is 7.12. The summed E-state index contributed by atoms with van der Waals surface area (Å²) < 4.78 is 11.2. The smallest absolute Gasteiger partial charge is 0.264 e.